The summed E-state index contributed by atoms with van der Waals surface area (Å²) in [7, 11) is 0. The number of pyridine rings is 1. The van der Waals surface area contributed by atoms with E-state index in [1.165, 1.54) is 6.07 Å². The highest BCUT2D eigenvalue weighted by Gasteiger charge is 2.03. The lowest BCUT2D eigenvalue weighted by Crippen LogP contribution is -2.00. The zero-order valence-electron chi connectivity index (χ0n) is 5.41. The second kappa shape index (κ2) is 3.51. The van der Waals surface area contributed by atoms with Crippen LogP contribution in [-0.2, 0) is 0 Å². The molecule has 0 fully saturated rings. The summed E-state index contributed by atoms with van der Waals surface area (Å²) in [6.45, 7) is 0. The Morgan fingerprint density at radius 2 is 2.36 bits per heavy atom. The van der Waals surface area contributed by atoms with Gasteiger partial charge in [0.15, 0.2) is 5.69 Å². The summed E-state index contributed by atoms with van der Waals surface area (Å²) in [6.07, 6.45) is 0. The van der Waals surface area contributed by atoms with E-state index in [0.29, 0.717) is 5.82 Å². The molecule has 0 radical (unpaired) electrons. The van der Waals surface area contributed by atoms with E-state index >= 15 is 0 Å². The predicted molar refractivity (Wildman–Crippen MR) is 48.8 cm³/mol. The molecule has 0 aliphatic carbocycles. The average Bonchev–Trinajstić information content (AvgIpc) is 2.05. The monoisotopic (exact) mass is 264 g/mol. The van der Waals surface area contributed by atoms with Crippen LogP contribution in [0.4, 0.5) is 5.82 Å². The van der Waals surface area contributed by atoms with Crippen molar-refractivity contribution in [3.63, 3.8) is 0 Å². The third-order valence-electron chi connectivity index (χ3n) is 1.07. The van der Waals surface area contributed by atoms with Crippen LogP contribution in [0.15, 0.2) is 18.2 Å². The summed E-state index contributed by atoms with van der Waals surface area (Å²) >= 11 is 1.89. The highest BCUT2D eigenvalue weighted by Crippen LogP contribution is 2.06. The molecule has 1 rings (SSSR count). The molecule has 1 aromatic rings. The van der Waals surface area contributed by atoms with Crippen LogP contribution in [0.3, 0.4) is 0 Å². The molecule has 1 heterocycles. The minimum absolute atomic E-state index is 0.0478. The molecule has 0 aliphatic heterocycles. The Bertz CT molecular complexity index is 277. The number of aromatic nitrogens is 1. The molecule has 11 heavy (non-hydrogen) atoms. The summed E-state index contributed by atoms with van der Waals surface area (Å²) < 4.78 is 2.72. The number of anilines is 1. The van der Waals surface area contributed by atoms with E-state index in [0.717, 1.165) is 0 Å². The number of carbonyl (C=O) groups is 1. The zero-order valence-corrected chi connectivity index (χ0v) is 7.57. The number of carboxylic acids is 1. The number of aromatic carboxylic acids is 1. The third kappa shape index (κ3) is 2.04. The molecule has 0 saturated carbocycles. The minimum Gasteiger partial charge on any atom is -0.477 e. The second-order valence-electron chi connectivity index (χ2n) is 1.81. The van der Waals surface area contributed by atoms with E-state index in [2.05, 4.69) is 8.51 Å². The maximum Gasteiger partial charge on any atom is 0.354 e. The van der Waals surface area contributed by atoms with E-state index in [9.17, 15) is 4.79 Å². The number of carboxylic acid groups (broad SMARTS) is 1. The molecule has 2 N–H and O–H groups in total. The fourth-order valence-corrected chi connectivity index (χ4v) is 0.907. The van der Waals surface area contributed by atoms with Gasteiger partial charge in [0.25, 0.3) is 0 Å². The van der Waals surface area contributed by atoms with Crippen LogP contribution in [0.1, 0.15) is 10.5 Å². The number of hydrogen-bond acceptors (Lipinski definition) is 3. The van der Waals surface area contributed by atoms with Crippen LogP contribution in [-0.4, -0.2) is 16.1 Å². The molecule has 1 aromatic heterocycles. The van der Waals surface area contributed by atoms with Gasteiger partial charge in [-0.05, 0) is 12.1 Å². The molecule has 0 atom stereocenters. The van der Waals surface area contributed by atoms with Crippen LogP contribution < -0.4 is 3.53 Å². The summed E-state index contributed by atoms with van der Waals surface area (Å²) in [5, 5.41) is 8.51. The molecule has 0 spiro atoms. The normalized spacial score (nSPS) is 9.18. The Morgan fingerprint density at radius 1 is 1.64 bits per heavy atom. The van der Waals surface area contributed by atoms with Gasteiger partial charge >= 0.3 is 5.97 Å². The van der Waals surface area contributed by atoms with Gasteiger partial charge in [-0.25, -0.2) is 9.78 Å². The molecule has 5 heteroatoms. The smallest absolute Gasteiger partial charge is 0.354 e. The van der Waals surface area contributed by atoms with Gasteiger partial charge in [-0.3, -0.25) is 0 Å². The van der Waals surface area contributed by atoms with Gasteiger partial charge in [-0.1, -0.05) is 6.07 Å². The van der Waals surface area contributed by atoms with Gasteiger partial charge in [0.05, 0.1) is 22.9 Å². The number of nitrogens with one attached hydrogen (secondary N) is 1. The SMILES string of the molecule is O=C(O)c1cccc(NI)n1. The van der Waals surface area contributed by atoms with Crippen LogP contribution in [0, 0.1) is 0 Å². The van der Waals surface area contributed by atoms with E-state index in [-0.39, 0.29) is 5.69 Å². The Balaban J connectivity index is 3.01. The van der Waals surface area contributed by atoms with Crippen molar-refractivity contribution >= 4 is 34.7 Å². The maximum atomic E-state index is 10.4. The van der Waals surface area contributed by atoms with Crippen molar-refractivity contribution in [2.75, 3.05) is 3.53 Å². The minimum atomic E-state index is -1.02. The molecule has 0 amide bonds. The fraction of sp³-hybridized carbons (Fsp3) is 0. The topological polar surface area (TPSA) is 62.2 Å². The molecular formula is C6H5IN2O2. The van der Waals surface area contributed by atoms with Gasteiger partial charge in [-0.15, -0.1) is 0 Å². The second-order valence-corrected chi connectivity index (χ2v) is 2.35. The molecule has 58 valence electrons. The Labute approximate surface area is 77.1 Å². The predicted octanol–water partition coefficient (Wildman–Crippen LogP) is 1.54. The molecule has 0 saturated heterocycles. The van der Waals surface area contributed by atoms with Crippen molar-refractivity contribution in [3.05, 3.63) is 23.9 Å². The van der Waals surface area contributed by atoms with Crippen molar-refractivity contribution in [1.29, 1.82) is 0 Å². The summed E-state index contributed by atoms with van der Waals surface area (Å²) in [5.74, 6) is -0.469. The first-order chi connectivity index (χ1) is 5.24. The average molecular weight is 264 g/mol. The third-order valence-corrected chi connectivity index (χ3v) is 1.62. The first kappa shape index (κ1) is 8.25. The van der Waals surface area contributed by atoms with Crippen molar-refractivity contribution in [3.8, 4) is 0 Å². The standard InChI is InChI=1S/C6H5IN2O2/c7-9-5-3-1-2-4(8-5)6(10)11/h1-3H,(H,8,9)(H,10,11). The molecular weight excluding hydrogens is 259 g/mol. The van der Waals surface area contributed by atoms with Crippen LogP contribution in [0.2, 0.25) is 0 Å². The first-order valence-corrected chi connectivity index (χ1v) is 3.89. The van der Waals surface area contributed by atoms with Crippen molar-refractivity contribution in [2.24, 2.45) is 0 Å². The van der Waals surface area contributed by atoms with Crippen LogP contribution >= 0.6 is 22.9 Å². The van der Waals surface area contributed by atoms with Gasteiger partial charge < -0.3 is 8.64 Å². The van der Waals surface area contributed by atoms with E-state index in [1.807, 2.05) is 22.9 Å². The number of rotatable bonds is 2. The van der Waals surface area contributed by atoms with E-state index < -0.39 is 5.97 Å². The van der Waals surface area contributed by atoms with Crippen molar-refractivity contribution in [2.45, 2.75) is 0 Å². The van der Waals surface area contributed by atoms with Crippen LogP contribution in [0.5, 0.6) is 0 Å². The number of halogens is 1. The number of nitrogens with zero attached hydrogens (tertiary/aromatic N) is 1. The maximum absolute atomic E-state index is 10.4. The molecule has 4 nitrogen and oxygen atoms in total. The lowest BCUT2D eigenvalue weighted by atomic mass is 10.3. The van der Waals surface area contributed by atoms with Crippen molar-refractivity contribution in [1.82, 2.24) is 4.98 Å². The summed E-state index contributed by atoms with van der Waals surface area (Å²) in [5.41, 5.74) is 0.0478. The van der Waals surface area contributed by atoms with Gasteiger partial charge in [0.1, 0.15) is 5.82 Å². The number of hydrogen-bond donors (Lipinski definition) is 2. The summed E-state index contributed by atoms with van der Waals surface area (Å²) in [6, 6.07) is 4.77. The highest BCUT2D eigenvalue weighted by molar-refractivity contribution is 14.1. The van der Waals surface area contributed by atoms with Gasteiger partial charge in [0.2, 0.25) is 0 Å². The van der Waals surface area contributed by atoms with Gasteiger partial charge in [0, 0.05) is 0 Å². The van der Waals surface area contributed by atoms with E-state index in [4.69, 9.17) is 5.11 Å². The highest BCUT2D eigenvalue weighted by atomic mass is 127. The lowest BCUT2D eigenvalue weighted by Gasteiger charge is -1.96. The lowest BCUT2D eigenvalue weighted by molar-refractivity contribution is 0.0690. The Hall–Kier alpha value is -0.850. The summed E-state index contributed by atoms with van der Waals surface area (Å²) in [4.78, 5) is 14.1. The Kier molecular flexibility index (Phi) is 2.64. The molecule has 0 aliphatic rings. The quantitative estimate of drug-likeness (QED) is 0.628. The van der Waals surface area contributed by atoms with E-state index in [1.54, 1.807) is 12.1 Å². The van der Waals surface area contributed by atoms with Crippen molar-refractivity contribution < 1.29 is 9.90 Å². The Morgan fingerprint density at radius 3 is 2.91 bits per heavy atom. The molecule has 0 unspecified atom stereocenters. The molecule has 0 bridgehead atoms. The van der Waals surface area contributed by atoms with Gasteiger partial charge in [-0.2, -0.15) is 0 Å². The molecule has 0 aromatic carbocycles. The first-order valence-electron chi connectivity index (χ1n) is 2.81. The zero-order chi connectivity index (χ0) is 8.27. The van der Waals surface area contributed by atoms with Crippen LogP contribution in [0.25, 0.3) is 0 Å². The fourth-order valence-electron chi connectivity index (χ4n) is 0.606. The largest absolute Gasteiger partial charge is 0.477 e.